The summed E-state index contributed by atoms with van der Waals surface area (Å²) in [7, 11) is 1.78. The Balaban J connectivity index is 1.85. The summed E-state index contributed by atoms with van der Waals surface area (Å²) in [5.41, 5.74) is 4.42. The molecule has 0 atom stereocenters. The van der Waals surface area contributed by atoms with Crippen LogP contribution in [-0.2, 0) is 6.54 Å². The molecule has 0 saturated carbocycles. The van der Waals surface area contributed by atoms with E-state index in [0.29, 0.717) is 12.1 Å². The first kappa shape index (κ1) is 19.2. The number of fused-ring (bicyclic) bond motifs is 1. The van der Waals surface area contributed by atoms with Crippen LogP contribution in [0.5, 0.6) is 0 Å². The van der Waals surface area contributed by atoms with Crippen LogP contribution in [0.3, 0.4) is 0 Å². The van der Waals surface area contributed by atoms with Crippen LogP contribution in [0.2, 0.25) is 0 Å². The number of aromatic nitrogens is 1. The molecule has 4 rings (SSSR count). The lowest BCUT2D eigenvalue weighted by Gasteiger charge is -2.20. The van der Waals surface area contributed by atoms with E-state index in [2.05, 4.69) is 11.4 Å². The largest absolute Gasteiger partial charge is 0.313 e. The van der Waals surface area contributed by atoms with Gasteiger partial charge in [0.25, 0.3) is 11.5 Å². The summed E-state index contributed by atoms with van der Waals surface area (Å²) >= 11 is 0. The van der Waals surface area contributed by atoms with E-state index in [9.17, 15) is 9.59 Å². The van der Waals surface area contributed by atoms with E-state index < -0.39 is 0 Å². The molecule has 0 bridgehead atoms. The molecule has 1 amide bonds. The maximum atomic E-state index is 13.1. The van der Waals surface area contributed by atoms with E-state index in [-0.39, 0.29) is 11.5 Å². The number of amides is 1. The van der Waals surface area contributed by atoms with Crippen LogP contribution >= 0.6 is 0 Å². The fourth-order valence-corrected chi connectivity index (χ4v) is 3.94. The summed E-state index contributed by atoms with van der Waals surface area (Å²) in [6.45, 7) is 4.24. The van der Waals surface area contributed by atoms with Gasteiger partial charge in [0, 0.05) is 42.8 Å². The van der Waals surface area contributed by atoms with Crippen LogP contribution in [0.1, 0.15) is 29.3 Å². The zero-order chi connectivity index (χ0) is 20.4. The number of pyridine rings is 1. The number of rotatable bonds is 4. The predicted octanol–water partition coefficient (Wildman–Crippen LogP) is 3.67. The van der Waals surface area contributed by atoms with Crippen LogP contribution in [0, 0.1) is 0 Å². The Morgan fingerprint density at radius 3 is 2.62 bits per heavy atom. The van der Waals surface area contributed by atoms with Gasteiger partial charge in [-0.15, -0.1) is 0 Å². The van der Waals surface area contributed by atoms with Crippen molar-refractivity contribution in [2.24, 2.45) is 0 Å². The average molecular weight is 387 g/mol. The van der Waals surface area contributed by atoms with Crippen molar-refractivity contribution >= 4 is 28.1 Å². The minimum Gasteiger partial charge on any atom is -0.313 e. The molecule has 148 valence electrons. The van der Waals surface area contributed by atoms with Crippen LogP contribution < -0.4 is 15.8 Å². The Hall–Kier alpha value is -3.18. The van der Waals surface area contributed by atoms with Crippen molar-refractivity contribution in [2.75, 3.05) is 25.0 Å². The molecule has 1 aliphatic heterocycles. The summed E-state index contributed by atoms with van der Waals surface area (Å²) in [6, 6.07) is 17.0. The second-order valence-electron chi connectivity index (χ2n) is 7.26. The first-order chi connectivity index (χ1) is 14.1. The van der Waals surface area contributed by atoms with Gasteiger partial charge in [-0.3, -0.25) is 9.59 Å². The normalized spacial score (nSPS) is 13.9. The lowest BCUT2D eigenvalue weighted by molar-refractivity contribution is 0.0993. The summed E-state index contributed by atoms with van der Waals surface area (Å²) in [5, 5.41) is 4.26. The monoisotopic (exact) mass is 387 g/mol. The zero-order valence-corrected chi connectivity index (χ0v) is 16.8. The standard InChI is InChI=1S/C24H25N3O2/c1-3-27-22-10-9-18(24(29)26(2)19-7-5-4-6-8-19)15-21(22)20(16-23(27)28)17-11-13-25-14-12-17/h4-11,15-16,25H,3,12-14H2,1-2H3. The molecule has 0 radical (unpaired) electrons. The molecule has 0 saturated heterocycles. The van der Waals surface area contributed by atoms with Crippen LogP contribution in [0.15, 0.2) is 65.5 Å². The number of nitrogens with one attached hydrogen (secondary N) is 1. The second-order valence-corrected chi connectivity index (χ2v) is 7.26. The molecule has 2 aromatic carbocycles. The molecule has 1 aromatic heterocycles. The molecule has 5 heteroatoms. The maximum absolute atomic E-state index is 13.1. The third-order valence-corrected chi connectivity index (χ3v) is 5.53. The fourth-order valence-electron chi connectivity index (χ4n) is 3.94. The molecule has 5 nitrogen and oxygen atoms in total. The smallest absolute Gasteiger partial charge is 0.258 e. The number of carbonyl (C=O) groups is 1. The minimum atomic E-state index is -0.0717. The maximum Gasteiger partial charge on any atom is 0.258 e. The third-order valence-electron chi connectivity index (χ3n) is 5.53. The highest BCUT2D eigenvalue weighted by Crippen LogP contribution is 2.28. The number of aryl methyl sites for hydroxylation is 1. The molecular weight excluding hydrogens is 362 g/mol. The number of nitrogens with zero attached hydrogens (tertiary/aromatic N) is 2. The molecule has 0 fully saturated rings. The first-order valence-electron chi connectivity index (χ1n) is 10.0. The van der Waals surface area contributed by atoms with Crippen LogP contribution in [0.25, 0.3) is 16.5 Å². The Kier molecular flexibility index (Phi) is 5.32. The van der Waals surface area contributed by atoms with Gasteiger partial charge in [-0.2, -0.15) is 0 Å². The molecule has 0 unspecified atom stereocenters. The van der Waals surface area contributed by atoms with Crippen molar-refractivity contribution in [3.05, 3.63) is 82.2 Å². The second kappa shape index (κ2) is 8.05. The number of carbonyl (C=O) groups excluding carboxylic acids is 1. The highest BCUT2D eigenvalue weighted by atomic mass is 16.2. The molecule has 29 heavy (non-hydrogen) atoms. The number of para-hydroxylation sites is 1. The Morgan fingerprint density at radius 1 is 1.14 bits per heavy atom. The van der Waals surface area contributed by atoms with Gasteiger partial charge in [-0.1, -0.05) is 24.3 Å². The lowest BCUT2D eigenvalue weighted by atomic mass is 9.95. The Labute approximate surface area is 170 Å². The van der Waals surface area contributed by atoms with Crippen molar-refractivity contribution in [3.8, 4) is 0 Å². The van der Waals surface area contributed by atoms with E-state index in [1.165, 1.54) is 0 Å². The van der Waals surface area contributed by atoms with Crippen molar-refractivity contribution < 1.29 is 4.79 Å². The topological polar surface area (TPSA) is 54.3 Å². The molecule has 1 N–H and O–H groups in total. The van der Waals surface area contributed by atoms with Gasteiger partial charge in [0.2, 0.25) is 0 Å². The van der Waals surface area contributed by atoms with Crippen molar-refractivity contribution in [3.63, 3.8) is 0 Å². The summed E-state index contributed by atoms with van der Waals surface area (Å²) in [6.07, 6.45) is 3.01. The van der Waals surface area contributed by atoms with Crippen LogP contribution in [-0.4, -0.2) is 30.6 Å². The summed E-state index contributed by atoms with van der Waals surface area (Å²) in [5.74, 6) is -0.0717. The number of benzene rings is 2. The number of hydrogen-bond acceptors (Lipinski definition) is 3. The molecular formula is C24H25N3O2. The molecule has 0 aliphatic carbocycles. The SMILES string of the molecule is CCn1c(=O)cc(C2=CCNCC2)c2cc(C(=O)N(C)c3ccccc3)ccc21. The van der Waals surface area contributed by atoms with Crippen molar-refractivity contribution in [2.45, 2.75) is 19.9 Å². The average Bonchev–Trinajstić information content (AvgIpc) is 2.78. The van der Waals surface area contributed by atoms with E-state index in [1.807, 2.05) is 55.5 Å². The van der Waals surface area contributed by atoms with Gasteiger partial charge in [0.05, 0.1) is 5.52 Å². The molecule has 1 aliphatic rings. The Bertz CT molecular complexity index is 1150. The van der Waals surface area contributed by atoms with Crippen LogP contribution in [0.4, 0.5) is 5.69 Å². The minimum absolute atomic E-state index is 0.00471. The van der Waals surface area contributed by atoms with Gasteiger partial charge in [-0.25, -0.2) is 0 Å². The number of hydrogen-bond donors (Lipinski definition) is 1. The van der Waals surface area contributed by atoms with Gasteiger partial charge in [0.1, 0.15) is 0 Å². The third kappa shape index (κ3) is 3.61. The van der Waals surface area contributed by atoms with E-state index in [4.69, 9.17) is 0 Å². The predicted molar refractivity (Wildman–Crippen MR) is 119 cm³/mol. The van der Waals surface area contributed by atoms with Gasteiger partial charge in [-0.05, 0) is 61.4 Å². The molecule has 3 aromatic rings. The van der Waals surface area contributed by atoms with Gasteiger partial charge >= 0.3 is 0 Å². The van der Waals surface area contributed by atoms with E-state index in [1.54, 1.807) is 22.6 Å². The highest BCUT2D eigenvalue weighted by molar-refractivity contribution is 6.08. The van der Waals surface area contributed by atoms with Gasteiger partial charge in [0.15, 0.2) is 0 Å². The summed E-state index contributed by atoms with van der Waals surface area (Å²) in [4.78, 5) is 27.5. The highest BCUT2D eigenvalue weighted by Gasteiger charge is 2.18. The van der Waals surface area contributed by atoms with E-state index in [0.717, 1.165) is 47.2 Å². The first-order valence-corrected chi connectivity index (χ1v) is 10.0. The Morgan fingerprint density at radius 2 is 1.93 bits per heavy atom. The molecule has 2 heterocycles. The van der Waals surface area contributed by atoms with Crippen molar-refractivity contribution in [1.82, 2.24) is 9.88 Å². The lowest BCUT2D eigenvalue weighted by Crippen LogP contribution is -2.26. The summed E-state index contributed by atoms with van der Waals surface area (Å²) < 4.78 is 1.76. The van der Waals surface area contributed by atoms with E-state index >= 15 is 0 Å². The molecule has 0 spiro atoms. The quantitative estimate of drug-likeness (QED) is 0.743. The number of anilines is 1. The fraction of sp³-hybridized carbons (Fsp3) is 0.250. The van der Waals surface area contributed by atoms with Gasteiger partial charge < -0.3 is 14.8 Å². The van der Waals surface area contributed by atoms with Crippen molar-refractivity contribution in [1.29, 1.82) is 0 Å². The zero-order valence-electron chi connectivity index (χ0n) is 16.8.